The molecule has 4 aromatic rings. The number of hydrogen-bond donors (Lipinski definition) is 2. The fourth-order valence-electron chi connectivity index (χ4n) is 3.12. The number of hydrogen-bond acceptors (Lipinski definition) is 2. The summed E-state index contributed by atoms with van der Waals surface area (Å²) in [6, 6.07) is 21.3. The standard InChI is InChI=1S/C18H13BClNO2/c20-12-9-10-18(15(11-12)19(22)23)21-16-7-3-1-5-13(16)14-6-2-4-8-17(14)21/h1-11,22-23H. The molecule has 112 valence electrons. The molecule has 1 aromatic heterocycles. The van der Waals surface area contributed by atoms with Gasteiger partial charge in [-0.25, -0.2) is 0 Å². The minimum absolute atomic E-state index is 0.379. The second kappa shape index (κ2) is 5.42. The van der Waals surface area contributed by atoms with Crippen LogP contribution in [0.15, 0.2) is 66.7 Å². The first-order valence-electron chi connectivity index (χ1n) is 7.31. The maximum atomic E-state index is 9.76. The van der Waals surface area contributed by atoms with Crippen molar-refractivity contribution in [3.05, 3.63) is 71.8 Å². The third-order valence-corrected chi connectivity index (χ3v) is 4.32. The van der Waals surface area contributed by atoms with Gasteiger partial charge in [-0.1, -0.05) is 48.0 Å². The summed E-state index contributed by atoms with van der Waals surface area (Å²) in [5.74, 6) is 0. The van der Waals surface area contributed by atoms with Crippen molar-refractivity contribution in [2.45, 2.75) is 0 Å². The van der Waals surface area contributed by atoms with Crippen molar-refractivity contribution in [1.82, 2.24) is 4.57 Å². The van der Waals surface area contributed by atoms with Crippen LogP contribution >= 0.6 is 11.6 Å². The predicted molar refractivity (Wildman–Crippen MR) is 95.6 cm³/mol. The third kappa shape index (κ3) is 2.23. The lowest BCUT2D eigenvalue weighted by molar-refractivity contribution is 0.425. The Bertz CT molecular complexity index is 973. The van der Waals surface area contributed by atoms with Gasteiger partial charge in [0.25, 0.3) is 0 Å². The molecule has 0 unspecified atom stereocenters. The van der Waals surface area contributed by atoms with Gasteiger partial charge in [-0.3, -0.25) is 0 Å². The smallest absolute Gasteiger partial charge is 0.423 e. The van der Waals surface area contributed by atoms with Crippen LogP contribution in [0.4, 0.5) is 0 Å². The Kier molecular flexibility index (Phi) is 3.38. The van der Waals surface area contributed by atoms with Crippen molar-refractivity contribution in [1.29, 1.82) is 0 Å². The first-order chi connectivity index (χ1) is 11.2. The molecule has 1 heterocycles. The molecular weight excluding hydrogens is 308 g/mol. The van der Waals surface area contributed by atoms with Crippen LogP contribution in [-0.4, -0.2) is 21.7 Å². The van der Waals surface area contributed by atoms with Gasteiger partial charge in [0.1, 0.15) is 0 Å². The molecule has 3 nitrogen and oxygen atoms in total. The summed E-state index contributed by atoms with van der Waals surface area (Å²) in [7, 11) is -1.59. The summed E-state index contributed by atoms with van der Waals surface area (Å²) in [5, 5.41) is 22.2. The molecule has 0 atom stereocenters. The van der Waals surface area contributed by atoms with E-state index in [1.165, 1.54) is 0 Å². The maximum absolute atomic E-state index is 9.76. The summed E-state index contributed by atoms with van der Waals surface area (Å²) < 4.78 is 2.04. The van der Waals surface area contributed by atoms with E-state index in [9.17, 15) is 10.0 Å². The number of halogens is 1. The lowest BCUT2D eigenvalue weighted by atomic mass is 9.79. The van der Waals surface area contributed by atoms with Crippen LogP contribution in [0.5, 0.6) is 0 Å². The normalized spacial score (nSPS) is 11.3. The number of aromatic nitrogens is 1. The van der Waals surface area contributed by atoms with Gasteiger partial charge in [0, 0.05) is 26.9 Å². The fraction of sp³-hybridized carbons (Fsp3) is 0. The largest absolute Gasteiger partial charge is 0.490 e. The lowest BCUT2D eigenvalue weighted by Gasteiger charge is -2.13. The van der Waals surface area contributed by atoms with Crippen LogP contribution in [0, 0.1) is 0 Å². The van der Waals surface area contributed by atoms with E-state index in [1.807, 2.05) is 47.0 Å². The zero-order chi connectivity index (χ0) is 16.0. The summed E-state index contributed by atoms with van der Waals surface area (Å²) in [5.41, 5.74) is 3.11. The van der Waals surface area contributed by atoms with Crippen molar-refractivity contribution < 1.29 is 10.0 Å². The van der Waals surface area contributed by atoms with Crippen LogP contribution < -0.4 is 5.46 Å². The molecule has 0 radical (unpaired) electrons. The van der Waals surface area contributed by atoms with Crippen LogP contribution in [0.2, 0.25) is 5.02 Å². The second-order valence-electron chi connectivity index (χ2n) is 5.45. The summed E-state index contributed by atoms with van der Waals surface area (Å²) >= 11 is 6.03. The summed E-state index contributed by atoms with van der Waals surface area (Å²) in [6.07, 6.45) is 0. The van der Waals surface area contributed by atoms with Crippen molar-refractivity contribution >= 4 is 46.0 Å². The SMILES string of the molecule is OB(O)c1cc(Cl)ccc1-n1c2ccccc2c2ccccc21. The van der Waals surface area contributed by atoms with Gasteiger partial charge < -0.3 is 14.6 Å². The van der Waals surface area contributed by atoms with E-state index in [-0.39, 0.29) is 0 Å². The Morgan fingerprint density at radius 3 is 1.91 bits per heavy atom. The Morgan fingerprint density at radius 2 is 1.35 bits per heavy atom. The number of rotatable bonds is 2. The molecule has 0 amide bonds. The zero-order valence-corrected chi connectivity index (χ0v) is 12.9. The molecule has 0 saturated carbocycles. The zero-order valence-electron chi connectivity index (χ0n) is 12.1. The Labute approximate surface area is 138 Å². The highest BCUT2D eigenvalue weighted by Gasteiger charge is 2.20. The van der Waals surface area contributed by atoms with Gasteiger partial charge in [-0.05, 0) is 30.3 Å². The average molecular weight is 322 g/mol. The molecular formula is C18H13BClNO2. The van der Waals surface area contributed by atoms with E-state index in [2.05, 4.69) is 12.1 Å². The first-order valence-corrected chi connectivity index (χ1v) is 7.69. The van der Waals surface area contributed by atoms with Gasteiger partial charge in [0.15, 0.2) is 0 Å². The maximum Gasteiger partial charge on any atom is 0.490 e. The second-order valence-corrected chi connectivity index (χ2v) is 5.88. The first kappa shape index (κ1) is 14.3. The molecule has 0 spiro atoms. The Balaban J connectivity index is 2.17. The number of para-hydroxylation sites is 2. The van der Waals surface area contributed by atoms with E-state index >= 15 is 0 Å². The highest BCUT2D eigenvalue weighted by atomic mass is 35.5. The van der Waals surface area contributed by atoms with Crippen LogP contribution in [0.25, 0.3) is 27.5 Å². The van der Waals surface area contributed by atoms with E-state index in [4.69, 9.17) is 11.6 Å². The average Bonchev–Trinajstić information content (AvgIpc) is 2.89. The molecule has 4 rings (SSSR count). The Hall–Kier alpha value is -2.27. The highest BCUT2D eigenvalue weighted by molar-refractivity contribution is 6.60. The topological polar surface area (TPSA) is 45.4 Å². The lowest BCUT2D eigenvalue weighted by Crippen LogP contribution is -2.33. The van der Waals surface area contributed by atoms with Crippen LogP contribution in [0.3, 0.4) is 0 Å². The van der Waals surface area contributed by atoms with Gasteiger partial charge in [0.05, 0.1) is 11.0 Å². The third-order valence-electron chi connectivity index (χ3n) is 4.09. The van der Waals surface area contributed by atoms with Gasteiger partial charge in [-0.15, -0.1) is 0 Å². The number of nitrogens with zero attached hydrogens (tertiary/aromatic N) is 1. The van der Waals surface area contributed by atoms with E-state index in [0.717, 1.165) is 21.8 Å². The number of fused-ring (bicyclic) bond motifs is 3. The summed E-state index contributed by atoms with van der Waals surface area (Å²) in [6.45, 7) is 0. The molecule has 0 aliphatic heterocycles. The minimum atomic E-state index is -1.59. The molecule has 23 heavy (non-hydrogen) atoms. The predicted octanol–water partition coefficient (Wildman–Crippen LogP) is 3.12. The van der Waals surface area contributed by atoms with Crippen molar-refractivity contribution in [2.75, 3.05) is 0 Å². The van der Waals surface area contributed by atoms with Gasteiger partial charge in [0.2, 0.25) is 0 Å². The molecule has 0 saturated heterocycles. The van der Waals surface area contributed by atoms with Crippen molar-refractivity contribution in [3.8, 4) is 5.69 Å². The van der Waals surface area contributed by atoms with Crippen molar-refractivity contribution in [2.24, 2.45) is 0 Å². The summed E-state index contributed by atoms with van der Waals surface area (Å²) in [4.78, 5) is 0. The molecule has 0 bridgehead atoms. The molecule has 3 aromatic carbocycles. The Morgan fingerprint density at radius 1 is 0.783 bits per heavy atom. The van der Waals surface area contributed by atoms with E-state index < -0.39 is 7.12 Å². The molecule has 5 heteroatoms. The van der Waals surface area contributed by atoms with Crippen molar-refractivity contribution in [3.63, 3.8) is 0 Å². The van der Waals surface area contributed by atoms with Gasteiger partial charge >= 0.3 is 7.12 Å². The van der Waals surface area contributed by atoms with E-state index in [0.29, 0.717) is 16.2 Å². The van der Waals surface area contributed by atoms with E-state index in [1.54, 1.807) is 12.1 Å². The monoisotopic (exact) mass is 321 g/mol. The molecule has 2 N–H and O–H groups in total. The molecule has 0 fully saturated rings. The molecule has 0 aliphatic carbocycles. The molecule has 0 aliphatic rings. The minimum Gasteiger partial charge on any atom is -0.423 e. The quantitative estimate of drug-likeness (QED) is 0.557. The van der Waals surface area contributed by atoms with Gasteiger partial charge in [-0.2, -0.15) is 0 Å². The fourth-order valence-corrected chi connectivity index (χ4v) is 3.30. The van der Waals surface area contributed by atoms with Crippen LogP contribution in [0.1, 0.15) is 0 Å². The number of benzene rings is 3. The van der Waals surface area contributed by atoms with Crippen LogP contribution in [-0.2, 0) is 0 Å². The highest BCUT2D eigenvalue weighted by Crippen LogP contribution is 2.31.